The van der Waals surface area contributed by atoms with Gasteiger partial charge in [0.05, 0.1) is 17.3 Å². The highest BCUT2D eigenvalue weighted by Crippen LogP contribution is 2.30. The van der Waals surface area contributed by atoms with Crippen molar-refractivity contribution < 1.29 is 19.1 Å². The molecule has 3 rings (SSSR count). The summed E-state index contributed by atoms with van der Waals surface area (Å²) in [6.07, 6.45) is 3.96. The van der Waals surface area contributed by atoms with Gasteiger partial charge in [0.15, 0.2) is 0 Å². The SMILES string of the molecule is CC(C)(C)OC(=O)NCCCNC(=O)C=Cc1nc(CSc2ccccc2Cl)ccc1OCCc1ccccc1. The number of benzene rings is 2. The normalized spacial score (nSPS) is 11.3. The number of hydrogen-bond acceptors (Lipinski definition) is 6. The number of aromatic nitrogens is 1. The van der Waals surface area contributed by atoms with Gasteiger partial charge in [0, 0.05) is 36.2 Å². The Balaban J connectivity index is 1.57. The number of hydrogen-bond donors (Lipinski definition) is 2. The molecule has 2 amide bonds. The first-order chi connectivity index (χ1) is 19.2. The third-order valence-electron chi connectivity index (χ3n) is 5.36. The Hall–Kier alpha value is -3.49. The zero-order valence-electron chi connectivity index (χ0n) is 23.1. The Bertz CT molecular complexity index is 1280. The van der Waals surface area contributed by atoms with Crippen molar-refractivity contribution in [2.75, 3.05) is 19.7 Å². The molecule has 0 bridgehead atoms. The third kappa shape index (κ3) is 11.7. The van der Waals surface area contributed by atoms with Crippen LogP contribution < -0.4 is 15.4 Å². The van der Waals surface area contributed by atoms with Crippen molar-refractivity contribution in [2.45, 2.75) is 49.9 Å². The molecule has 0 aliphatic rings. The van der Waals surface area contributed by atoms with Crippen LogP contribution in [-0.4, -0.2) is 42.3 Å². The second-order valence-corrected chi connectivity index (χ2v) is 11.3. The highest BCUT2D eigenvalue weighted by atomic mass is 35.5. The summed E-state index contributed by atoms with van der Waals surface area (Å²) < 4.78 is 11.3. The molecule has 0 aliphatic heterocycles. The molecule has 40 heavy (non-hydrogen) atoms. The van der Waals surface area contributed by atoms with Gasteiger partial charge in [0.25, 0.3) is 0 Å². The maximum atomic E-state index is 12.4. The summed E-state index contributed by atoms with van der Waals surface area (Å²) in [7, 11) is 0. The van der Waals surface area contributed by atoms with Gasteiger partial charge in [-0.1, -0.05) is 54.1 Å². The van der Waals surface area contributed by atoms with E-state index < -0.39 is 11.7 Å². The molecule has 212 valence electrons. The quantitative estimate of drug-likeness (QED) is 0.133. The summed E-state index contributed by atoms with van der Waals surface area (Å²) in [6, 6.07) is 21.6. The molecule has 2 aromatic carbocycles. The van der Waals surface area contributed by atoms with Gasteiger partial charge >= 0.3 is 6.09 Å². The summed E-state index contributed by atoms with van der Waals surface area (Å²) in [4.78, 5) is 29.9. The van der Waals surface area contributed by atoms with E-state index in [0.717, 1.165) is 17.0 Å². The van der Waals surface area contributed by atoms with Gasteiger partial charge < -0.3 is 20.1 Å². The number of ether oxygens (including phenoxy) is 2. The average molecular weight is 582 g/mol. The number of thioether (sulfide) groups is 1. The first-order valence-electron chi connectivity index (χ1n) is 13.2. The molecule has 0 spiro atoms. The largest absolute Gasteiger partial charge is 0.491 e. The van der Waals surface area contributed by atoms with E-state index in [1.807, 2.05) is 54.6 Å². The summed E-state index contributed by atoms with van der Waals surface area (Å²) >= 11 is 7.90. The Labute approximate surface area is 245 Å². The van der Waals surface area contributed by atoms with Crippen molar-refractivity contribution in [1.82, 2.24) is 15.6 Å². The van der Waals surface area contributed by atoms with Gasteiger partial charge in [-0.2, -0.15) is 0 Å². The zero-order chi connectivity index (χ0) is 28.8. The number of nitrogens with zero attached hydrogens (tertiary/aromatic N) is 1. The van der Waals surface area contributed by atoms with Gasteiger partial charge in [0.1, 0.15) is 17.0 Å². The van der Waals surface area contributed by atoms with Crippen LogP contribution in [0.15, 0.2) is 77.7 Å². The maximum absolute atomic E-state index is 12.4. The highest BCUT2D eigenvalue weighted by molar-refractivity contribution is 7.98. The Morgan fingerprint density at radius 3 is 2.45 bits per heavy atom. The standard InChI is InChI=1S/C31H36ClN3O4S/c1-31(2,3)39-30(37)34-20-9-19-33-29(36)17-15-26-27(38-21-18-23-10-5-4-6-11-23)16-14-24(35-26)22-40-28-13-8-7-12-25(28)32/h4-8,10-17H,9,18-22H2,1-3H3,(H,33,36)(H,34,37). The molecule has 0 saturated heterocycles. The molecule has 0 aliphatic carbocycles. The Kier molecular flexibility index (Phi) is 12.4. The van der Waals surface area contributed by atoms with Gasteiger partial charge in [-0.05, 0) is 63.1 Å². The van der Waals surface area contributed by atoms with E-state index in [4.69, 9.17) is 26.1 Å². The lowest BCUT2D eigenvalue weighted by molar-refractivity contribution is -0.116. The highest BCUT2D eigenvalue weighted by Gasteiger charge is 2.15. The molecule has 0 saturated carbocycles. The van der Waals surface area contributed by atoms with Gasteiger partial charge in [-0.15, -0.1) is 11.8 Å². The van der Waals surface area contributed by atoms with Crippen LogP contribution in [0, 0.1) is 0 Å². The number of carbonyl (C=O) groups is 2. The smallest absolute Gasteiger partial charge is 0.407 e. The van der Waals surface area contributed by atoms with Crippen molar-refractivity contribution in [3.8, 4) is 5.75 Å². The van der Waals surface area contributed by atoms with Crippen molar-refractivity contribution in [3.63, 3.8) is 0 Å². The molecular weight excluding hydrogens is 546 g/mol. The lowest BCUT2D eigenvalue weighted by Crippen LogP contribution is -2.34. The van der Waals surface area contributed by atoms with Crippen molar-refractivity contribution in [3.05, 3.63) is 94.8 Å². The van der Waals surface area contributed by atoms with Crippen LogP contribution in [0.1, 0.15) is 44.1 Å². The van der Waals surface area contributed by atoms with Crippen LogP contribution in [0.25, 0.3) is 6.08 Å². The van der Waals surface area contributed by atoms with E-state index >= 15 is 0 Å². The predicted molar refractivity (Wildman–Crippen MR) is 162 cm³/mol. The summed E-state index contributed by atoms with van der Waals surface area (Å²) in [6.45, 7) is 6.70. The molecule has 3 aromatic rings. The molecule has 0 fully saturated rings. The summed E-state index contributed by atoms with van der Waals surface area (Å²) in [5.74, 6) is 0.962. The van der Waals surface area contributed by atoms with Crippen LogP contribution in [0.3, 0.4) is 0 Å². The van der Waals surface area contributed by atoms with E-state index in [1.165, 1.54) is 11.6 Å². The molecule has 2 N–H and O–H groups in total. The minimum atomic E-state index is -0.550. The molecule has 7 nitrogen and oxygen atoms in total. The topological polar surface area (TPSA) is 89.6 Å². The molecule has 0 atom stereocenters. The minimum absolute atomic E-state index is 0.259. The lowest BCUT2D eigenvalue weighted by atomic mass is 10.2. The first kappa shape index (κ1) is 31.0. The summed E-state index contributed by atoms with van der Waals surface area (Å²) in [5.41, 5.74) is 2.05. The molecule has 0 unspecified atom stereocenters. The lowest BCUT2D eigenvalue weighted by Gasteiger charge is -2.19. The number of rotatable bonds is 13. The minimum Gasteiger partial charge on any atom is -0.491 e. The Morgan fingerprint density at radius 1 is 0.975 bits per heavy atom. The van der Waals surface area contributed by atoms with Crippen molar-refractivity contribution >= 4 is 41.4 Å². The van der Waals surface area contributed by atoms with E-state index in [9.17, 15) is 9.59 Å². The second kappa shape index (κ2) is 15.9. The van der Waals surface area contributed by atoms with Gasteiger partial charge in [-0.3, -0.25) is 4.79 Å². The first-order valence-corrected chi connectivity index (χ1v) is 14.5. The van der Waals surface area contributed by atoms with E-state index in [2.05, 4.69) is 22.8 Å². The maximum Gasteiger partial charge on any atom is 0.407 e. The Morgan fingerprint density at radius 2 is 1.70 bits per heavy atom. The zero-order valence-corrected chi connectivity index (χ0v) is 24.7. The second-order valence-electron chi connectivity index (χ2n) is 9.90. The van der Waals surface area contributed by atoms with Crippen LogP contribution in [0.2, 0.25) is 5.02 Å². The van der Waals surface area contributed by atoms with Gasteiger partial charge in [-0.25, -0.2) is 9.78 Å². The molecular formula is C31H36ClN3O4S. The third-order valence-corrected chi connectivity index (χ3v) is 6.91. The van der Waals surface area contributed by atoms with E-state index in [1.54, 1.807) is 38.6 Å². The number of amides is 2. The van der Waals surface area contributed by atoms with E-state index in [-0.39, 0.29) is 5.91 Å². The average Bonchev–Trinajstić information content (AvgIpc) is 2.91. The molecule has 0 radical (unpaired) electrons. The molecule has 1 heterocycles. The fraction of sp³-hybridized carbons (Fsp3) is 0.323. The fourth-order valence-corrected chi connectivity index (χ4v) is 4.63. The number of halogens is 1. The number of nitrogens with one attached hydrogen (secondary N) is 2. The predicted octanol–water partition coefficient (Wildman–Crippen LogP) is 6.69. The number of carbonyl (C=O) groups excluding carboxylic acids is 2. The number of pyridine rings is 1. The van der Waals surface area contributed by atoms with Gasteiger partial charge in [0.2, 0.25) is 5.91 Å². The van der Waals surface area contributed by atoms with Crippen molar-refractivity contribution in [2.24, 2.45) is 0 Å². The monoisotopic (exact) mass is 581 g/mol. The van der Waals surface area contributed by atoms with Crippen molar-refractivity contribution in [1.29, 1.82) is 0 Å². The van der Waals surface area contributed by atoms with Crippen LogP contribution in [-0.2, 0) is 21.7 Å². The fourth-order valence-electron chi connectivity index (χ4n) is 3.48. The number of alkyl carbamates (subject to hydrolysis) is 1. The van der Waals surface area contributed by atoms with E-state index in [0.29, 0.717) is 48.3 Å². The van der Waals surface area contributed by atoms with Crippen LogP contribution in [0.5, 0.6) is 5.75 Å². The summed E-state index contributed by atoms with van der Waals surface area (Å²) in [5, 5.41) is 6.20. The molecule has 1 aromatic heterocycles. The van der Waals surface area contributed by atoms with Crippen LogP contribution in [0.4, 0.5) is 4.79 Å². The molecule has 9 heteroatoms. The van der Waals surface area contributed by atoms with Crippen LogP contribution >= 0.6 is 23.4 Å².